The molecule has 7 spiro atoms. The van der Waals surface area contributed by atoms with Crippen molar-refractivity contribution in [2.24, 2.45) is 0 Å². The van der Waals surface area contributed by atoms with Gasteiger partial charge in [0.15, 0.2) is 17.4 Å². The van der Waals surface area contributed by atoms with E-state index in [4.69, 9.17) is 79.5 Å². The smallest absolute Gasteiger partial charge is 0.217 e. The van der Waals surface area contributed by atoms with Gasteiger partial charge in [-0.25, -0.2) is 13.1 Å². The van der Waals surface area contributed by atoms with Crippen molar-refractivity contribution in [1.29, 1.82) is 0 Å². The fourth-order valence-electron chi connectivity index (χ4n) is 20.9. The van der Waals surface area contributed by atoms with Crippen molar-refractivity contribution in [3.05, 3.63) is 22.8 Å². The zero-order valence-corrected chi connectivity index (χ0v) is 52.6. The molecule has 88 heavy (non-hydrogen) atoms. The van der Waals surface area contributed by atoms with Crippen LogP contribution in [0.4, 0.5) is 0 Å². The summed E-state index contributed by atoms with van der Waals surface area (Å²) in [5.41, 5.74) is -0.907. The Morgan fingerprint density at radius 3 is 1.03 bits per heavy atom. The fourth-order valence-corrected chi connectivity index (χ4v) is 20.9. The Kier molecular flexibility index (Phi) is 17.8. The molecule has 11 aliphatic heterocycles. The van der Waals surface area contributed by atoms with E-state index in [2.05, 4.69) is 16.6 Å². The number of nitrogens with zero attached hydrogens (tertiary/aromatic N) is 2. The third-order valence-corrected chi connectivity index (χ3v) is 24.9. The summed E-state index contributed by atoms with van der Waals surface area (Å²) in [5, 5.41) is 29.0. The second-order valence-electron chi connectivity index (χ2n) is 30.6. The molecule has 7 aliphatic carbocycles. The monoisotopic (exact) mass is 1230 g/mol. The number of rotatable bonds is 8. The summed E-state index contributed by atoms with van der Waals surface area (Å²) < 4.78 is 89.8. The van der Waals surface area contributed by atoms with Gasteiger partial charge in [-0.05, 0) is 103 Å². The average molecular weight is 1230 g/mol. The van der Waals surface area contributed by atoms with Gasteiger partial charge in [0.1, 0.15) is 24.4 Å². The predicted molar refractivity (Wildman–Crippen MR) is 316 cm³/mol. The van der Waals surface area contributed by atoms with E-state index in [1.54, 1.807) is 0 Å². The highest BCUT2D eigenvalue weighted by atomic mass is 16.8. The molecule has 0 radical (unpaired) electrons. The van der Waals surface area contributed by atoms with Crippen molar-refractivity contribution >= 4 is 0 Å². The fraction of sp³-hybridized carbons (Fsp3) is 0.971. The third-order valence-electron chi connectivity index (χ3n) is 24.9. The molecule has 11 heterocycles. The molecular formula is C69H104N2O17. The van der Waals surface area contributed by atoms with Crippen LogP contribution >= 0.6 is 0 Å². The molecule has 18 fully saturated rings. The Morgan fingerprint density at radius 1 is 0.364 bits per heavy atom. The molecule has 8 bridgehead atoms. The standard InChI is InChI=1S/C19H27NO4.C19H30O4.C18H28O5.C13H19NO4/c1-20-10-7-13-5-6-16-18(22-13)11-14(21-16)17-15(12-18)23-19(24-17)8-3-2-4-9-19;1-2-6-13-7-8-16-18(21-13)11-14(20-16)17-15(12-18)22-19(23-17)9-4-3-5-10-19;19-9-6-12-4-5-15-17(21-12)10-13(20-15)16-14(11-17)22-18(23-16)7-2-1-3-8-18;1-14-5-4-8-2-3-11-13(18-8)6-9(15)12(16)10(7-13)17-11/h13-17H,2-12H2;13-17H,2-12H2,1H3;12-16,19H,1-11H2;8-12,15-16H,2-7H2/t13-,14-,15-,16+,17+,18-;13-,14+,15+,16-,17-,18+;12-,13-,14-,15+,16+,17-;8-,9-,10-,11+,12-,13+/m1011/s1. The number of hydrogen-bond donors (Lipinski definition) is 3. The van der Waals surface area contributed by atoms with Crippen molar-refractivity contribution in [3.63, 3.8) is 0 Å². The van der Waals surface area contributed by atoms with Crippen LogP contribution in [-0.2, 0) is 66.3 Å². The number of ether oxygens (including phenoxy) is 14. The minimum Gasteiger partial charge on any atom is -0.396 e. The minimum atomic E-state index is -0.786. The molecular weight excluding hydrogens is 1130 g/mol. The van der Waals surface area contributed by atoms with Gasteiger partial charge in [0.25, 0.3) is 0 Å². The van der Waals surface area contributed by atoms with E-state index >= 15 is 0 Å². The lowest BCUT2D eigenvalue weighted by molar-refractivity contribution is -0.216. The summed E-state index contributed by atoms with van der Waals surface area (Å²) in [6.07, 6.45) is 37.9. The van der Waals surface area contributed by atoms with Crippen molar-refractivity contribution in [2.75, 3.05) is 19.7 Å². The number of aliphatic hydroxyl groups is 3. The van der Waals surface area contributed by atoms with E-state index in [0.717, 1.165) is 148 Å². The molecule has 18 rings (SSSR count). The van der Waals surface area contributed by atoms with Gasteiger partial charge in [0, 0.05) is 109 Å². The van der Waals surface area contributed by atoms with Crippen LogP contribution in [0, 0.1) is 13.1 Å². The molecule has 11 saturated heterocycles. The molecule has 18 aliphatic rings. The van der Waals surface area contributed by atoms with E-state index in [9.17, 15) is 15.3 Å². The number of fused-ring (bicyclic) bond motifs is 10. The molecule has 7 saturated carbocycles. The maximum Gasteiger partial charge on any atom is 0.217 e. The molecule has 0 aromatic carbocycles. The maximum atomic E-state index is 9.90. The van der Waals surface area contributed by atoms with Gasteiger partial charge < -0.3 is 91.3 Å². The van der Waals surface area contributed by atoms with Crippen LogP contribution < -0.4 is 0 Å². The maximum absolute atomic E-state index is 9.90. The average Bonchev–Trinajstić information content (AvgIpc) is 1.72. The van der Waals surface area contributed by atoms with Gasteiger partial charge in [-0.15, -0.1) is 0 Å². The highest BCUT2D eigenvalue weighted by Crippen LogP contribution is 2.60. The largest absolute Gasteiger partial charge is 0.396 e. The first-order valence-corrected chi connectivity index (χ1v) is 35.8. The zero-order chi connectivity index (χ0) is 59.9. The lowest BCUT2D eigenvalue weighted by atomic mass is 9.76. The second-order valence-corrected chi connectivity index (χ2v) is 30.6. The van der Waals surface area contributed by atoms with Crippen LogP contribution in [-0.4, -0.2) is 197 Å². The molecule has 19 nitrogen and oxygen atoms in total. The highest BCUT2D eigenvalue weighted by molar-refractivity contribution is 5.16. The van der Waals surface area contributed by atoms with Gasteiger partial charge in [-0.1, -0.05) is 32.6 Å². The first-order valence-electron chi connectivity index (χ1n) is 35.8. The molecule has 0 amide bonds. The molecule has 492 valence electrons. The van der Waals surface area contributed by atoms with Crippen LogP contribution in [0.1, 0.15) is 238 Å². The van der Waals surface area contributed by atoms with Crippen molar-refractivity contribution in [3.8, 4) is 0 Å². The molecule has 3 N–H and O–H groups in total. The van der Waals surface area contributed by atoms with E-state index in [1.165, 1.54) is 70.6 Å². The summed E-state index contributed by atoms with van der Waals surface area (Å²) in [6.45, 7) is 17.3. The van der Waals surface area contributed by atoms with E-state index < -0.39 is 17.8 Å². The first kappa shape index (κ1) is 62.4. The zero-order valence-electron chi connectivity index (χ0n) is 52.6. The summed E-state index contributed by atoms with van der Waals surface area (Å²) in [7, 11) is 0. The van der Waals surface area contributed by atoms with Crippen LogP contribution in [0.25, 0.3) is 9.69 Å². The number of aliphatic hydroxyl groups excluding tert-OH is 3. The van der Waals surface area contributed by atoms with Crippen LogP contribution in [0.3, 0.4) is 0 Å². The Balaban J connectivity index is 0.0000000991. The molecule has 24 atom stereocenters. The van der Waals surface area contributed by atoms with Crippen LogP contribution in [0.15, 0.2) is 0 Å². The molecule has 0 aromatic heterocycles. The van der Waals surface area contributed by atoms with E-state index in [1.807, 2.05) is 0 Å². The van der Waals surface area contributed by atoms with E-state index in [0.29, 0.717) is 32.0 Å². The Bertz CT molecular complexity index is 2410. The second kappa shape index (κ2) is 25.1. The van der Waals surface area contributed by atoms with Gasteiger partial charge >= 0.3 is 0 Å². The summed E-state index contributed by atoms with van der Waals surface area (Å²) in [5.74, 6) is -0.983. The lowest BCUT2D eigenvalue weighted by Crippen LogP contribution is -2.54. The highest BCUT2D eigenvalue weighted by Gasteiger charge is 2.69. The van der Waals surface area contributed by atoms with E-state index in [-0.39, 0.29) is 145 Å². The van der Waals surface area contributed by atoms with Crippen molar-refractivity contribution in [1.82, 2.24) is 0 Å². The summed E-state index contributed by atoms with van der Waals surface area (Å²) in [6, 6.07) is 0. The van der Waals surface area contributed by atoms with Gasteiger partial charge in [0.05, 0.1) is 120 Å². The lowest BCUT2D eigenvalue weighted by Gasteiger charge is -2.44. The molecule has 0 unspecified atom stereocenters. The van der Waals surface area contributed by atoms with Gasteiger partial charge in [-0.2, -0.15) is 0 Å². The SMILES string of the molecule is CCC[C@H]1CC[C@@H]2O[C@@H]3C[C@]2(C[C@H]2OC4(CCCCC4)O[C@@H]32)O1.OCC[C@H]1CC[C@@H]2O[C@@H]3C[C@]2(C[C@H]2OC4(CCCCC4)O[C@@H]32)O1.[C-]#[N+]CC[C@H]1CC[C@@H]2O[C@@H]3C[C@]2(C[C@@H](O)[C@H]3O)O1.[C-]#[N+]CC[C@H]1CC[C@@H]2O[C@@H]3C[C@]2(C[C@H]2OC4(CCCCC4)O[C@@H]32)O1. The normalized spacial score (nSPS) is 50.2. The third kappa shape index (κ3) is 11.6. The molecule has 0 aromatic rings. The topological polar surface area (TPSA) is 199 Å². The Labute approximate surface area is 522 Å². The minimum absolute atomic E-state index is 0.00140. The Morgan fingerprint density at radius 2 is 0.682 bits per heavy atom. The quantitative estimate of drug-likeness (QED) is 0.194. The van der Waals surface area contributed by atoms with Gasteiger partial charge in [0.2, 0.25) is 13.1 Å². The summed E-state index contributed by atoms with van der Waals surface area (Å²) in [4.78, 5) is 6.87. The molecule has 19 heteroatoms. The summed E-state index contributed by atoms with van der Waals surface area (Å²) >= 11 is 0. The van der Waals surface area contributed by atoms with Crippen molar-refractivity contribution in [2.45, 2.75) is 400 Å². The van der Waals surface area contributed by atoms with Crippen LogP contribution in [0.5, 0.6) is 0 Å². The number of hydrogen-bond acceptors (Lipinski definition) is 17. The Hall–Kier alpha value is -1.70. The van der Waals surface area contributed by atoms with Crippen molar-refractivity contribution < 1.29 is 81.6 Å². The van der Waals surface area contributed by atoms with Crippen LogP contribution in [0.2, 0.25) is 0 Å². The first-order chi connectivity index (χ1) is 42.8. The van der Waals surface area contributed by atoms with Gasteiger partial charge in [-0.3, -0.25) is 0 Å². The predicted octanol–water partition coefficient (Wildman–Crippen LogP) is 9.72.